The van der Waals surface area contributed by atoms with Crippen LogP contribution in [0.15, 0.2) is 22.7 Å². The zero-order valence-corrected chi connectivity index (χ0v) is 8.49. The average Bonchev–Trinajstić information content (AvgIpc) is 2.97. The minimum absolute atomic E-state index is 0.0269. The summed E-state index contributed by atoms with van der Waals surface area (Å²) in [5, 5.41) is 5.08. The predicted octanol–water partition coefficient (Wildman–Crippen LogP) is 2.91. The van der Waals surface area contributed by atoms with Gasteiger partial charge in [-0.15, -0.1) is 0 Å². The molecule has 0 bridgehead atoms. The van der Waals surface area contributed by atoms with Gasteiger partial charge in [-0.2, -0.15) is 0 Å². The summed E-state index contributed by atoms with van der Waals surface area (Å²) >= 11 is 0. The third-order valence-electron chi connectivity index (χ3n) is 2.87. The molecule has 0 unspecified atom stereocenters. The van der Waals surface area contributed by atoms with Crippen molar-refractivity contribution in [2.45, 2.75) is 25.7 Å². The van der Waals surface area contributed by atoms with Crippen molar-refractivity contribution in [2.75, 3.05) is 0 Å². The number of rotatable bonds is 2. The Morgan fingerprint density at radius 1 is 1.47 bits per heavy atom. The number of carbonyl (C=O) groups excluding carboxylic acids is 1. The molecule has 0 atom stereocenters. The number of fused-ring (bicyclic) bond motifs is 1. The normalized spacial score (nSPS) is 15.8. The molecule has 1 aliphatic rings. The third-order valence-corrected chi connectivity index (χ3v) is 2.87. The molecular formula is C12H11NO2. The summed E-state index contributed by atoms with van der Waals surface area (Å²) < 4.78 is 5.27. The van der Waals surface area contributed by atoms with Crippen molar-refractivity contribution in [1.82, 2.24) is 5.16 Å². The van der Waals surface area contributed by atoms with Gasteiger partial charge in [0, 0.05) is 11.3 Å². The molecule has 15 heavy (non-hydrogen) atoms. The van der Waals surface area contributed by atoms with Gasteiger partial charge in [-0.25, -0.2) is 0 Å². The smallest absolute Gasteiger partial charge is 0.177 e. The number of nitrogens with zero attached hydrogens (tertiary/aromatic N) is 1. The van der Waals surface area contributed by atoms with Crippen LogP contribution in [-0.4, -0.2) is 10.9 Å². The van der Waals surface area contributed by atoms with Crippen LogP contribution in [0, 0.1) is 0 Å². The fourth-order valence-electron chi connectivity index (χ4n) is 1.91. The highest BCUT2D eigenvalue weighted by Gasteiger charge is 2.29. The van der Waals surface area contributed by atoms with E-state index in [2.05, 4.69) is 5.16 Å². The largest absolute Gasteiger partial charge is 0.355 e. The van der Waals surface area contributed by atoms with Gasteiger partial charge in [0.1, 0.15) is 0 Å². The minimum atomic E-state index is 0.0269. The molecule has 0 amide bonds. The lowest BCUT2D eigenvalue weighted by molar-refractivity contribution is 0.101. The summed E-state index contributed by atoms with van der Waals surface area (Å²) in [6.07, 6.45) is 2.37. The van der Waals surface area contributed by atoms with Crippen molar-refractivity contribution < 1.29 is 9.32 Å². The van der Waals surface area contributed by atoms with Crippen LogP contribution >= 0.6 is 0 Å². The maximum absolute atomic E-state index is 11.4. The molecule has 1 saturated carbocycles. The van der Waals surface area contributed by atoms with Crippen molar-refractivity contribution in [3.05, 3.63) is 29.5 Å². The first kappa shape index (κ1) is 8.65. The fraction of sp³-hybridized carbons (Fsp3) is 0.333. The first-order valence-corrected chi connectivity index (χ1v) is 5.16. The van der Waals surface area contributed by atoms with Gasteiger partial charge < -0.3 is 4.52 Å². The fourth-order valence-corrected chi connectivity index (χ4v) is 1.91. The number of aromatic nitrogens is 1. The molecule has 0 saturated heterocycles. The lowest BCUT2D eigenvalue weighted by atomic mass is 10.1. The van der Waals surface area contributed by atoms with Crippen LogP contribution in [0.5, 0.6) is 0 Å². The quantitative estimate of drug-likeness (QED) is 0.701. The van der Waals surface area contributed by atoms with Crippen molar-refractivity contribution in [2.24, 2.45) is 0 Å². The zero-order valence-electron chi connectivity index (χ0n) is 8.49. The molecule has 0 N–H and O–H groups in total. The molecule has 3 rings (SSSR count). The van der Waals surface area contributed by atoms with E-state index in [1.54, 1.807) is 13.0 Å². The van der Waals surface area contributed by atoms with Gasteiger partial charge in [-0.3, -0.25) is 4.79 Å². The Kier molecular flexibility index (Phi) is 1.69. The van der Waals surface area contributed by atoms with E-state index in [0.717, 1.165) is 11.1 Å². The van der Waals surface area contributed by atoms with Gasteiger partial charge in [0.2, 0.25) is 0 Å². The summed E-state index contributed by atoms with van der Waals surface area (Å²) in [5.41, 5.74) is 2.30. The van der Waals surface area contributed by atoms with Crippen molar-refractivity contribution in [3.8, 4) is 0 Å². The Morgan fingerprint density at radius 2 is 2.27 bits per heavy atom. The van der Waals surface area contributed by atoms with Crippen LogP contribution < -0.4 is 0 Å². The van der Waals surface area contributed by atoms with E-state index in [0.29, 0.717) is 17.1 Å². The van der Waals surface area contributed by atoms with Crippen LogP contribution in [0.4, 0.5) is 0 Å². The van der Waals surface area contributed by atoms with Crippen LogP contribution in [0.3, 0.4) is 0 Å². The van der Waals surface area contributed by atoms with Crippen molar-refractivity contribution in [3.63, 3.8) is 0 Å². The second kappa shape index (κ2) is 2.92. The molecule has 0 radical (unpaired) electrons. The monoisotopic (exact) mass is 201 g/mol. The van der Waals surface area contributed by atoms with Gasteiger partial charge in [-0.1, -0.05) is 11.2 Å². The van der Waals surface area contributed by atoms with E-state index in [1.807, 2.05) is 12.1 Å². The van der Waals surface area contributed by atoms with E-state index in [1.165, 1.54) is 12.8 Å². The summed E-state index contributed by atoms with van der Waals surface area (Å²) in [6, 6.07) is 5.65. The van der Waals surface area contributed by atoms with Gasteiger partial charge >= 0.3 is 0 Å². The maximum Gasteiger partial charge on any atom is 0.177 e. The van der Waals surface area contributed by atoms with Gasteiger partial charge in [-0.05, 0) is 31.9 Å². The van der Waals surface area contributed by atoms with Crippen LogP contribution in [-0.2, 0) is 0 Å². The van der Waals surface area contributed by atoms with E-state index in [9.17, 15) is 4.79 Å². The number of hydrogen-bond acceptors (Lipinski definition) is 3. The van der Waals surface area contributed by atoms with E-state index < -0.39 is 0 Å². The Bertz CT molecular complexity index is 538. The highest BCUT2D eigenvalue weighted by Crippen LogP contribution is 2.42. The summed E-state index contributed by atoms with van der Waals surface area (Å²) in [6.45, 7) is 1.55. The molecule has 3 nitrogen and oxygen atoms in total. The topological polar surface area (TPSA) is 43.1 Å². The second-order valence-electron chi connectivity index (χ2n) is 4.08. The summed E-state index contributed by atoms with van der Waals surface area (Å²) in [7, 11) is 0. The number of carbonyl (C=O) groups is 1. The van der Waals surface area contributed by atoms with Crippen LogP contribution in [0.2, 0.25) is 0 Å². The minimum Gasteiger partial charge on any atom is -0.355 e. The Hall–Kier alpha value is -1.64. The average molecular weight is 201 g/mol. The third kappa shape index (κ3) is 1.27. The van der Waals surface area contributed by atoms with E-state index in [4.69, 9.17) is 4.52 Å². The van der Waals surface area contributed by atoms with E-state index in [-0.39, 0.29) is 5.78 Å². The molecule has 0 spiro atoms. The van der Waals surface area contributed by atoms with Gasteiger partial charge in [0.15, 0.2) is 11.4 Å². The molecule has 1 aromatic heterocycles. The summed E-state index contributed by atoms with van der Waals surface area (Å²) in [4.78, 5) is 11.4. The molecule has 3 heteroatoms. The number of ketones is 1. The Balaban J connectivity index is 2.27. The standard InChI is InChI=1S/C12H11NO2/c1-7(14)9-3-2-4-10-11(8-5-6-8)13-15-12(9)10/h2-4,8H,5-6H2,1H3. The number of Topliss-reactive ketones (excluding diaryl/α,β-unsaturated/α-hetero) is 1. The molecule has 1 aromatic carbocycles. The molecule has 0 aliphatic heterocycles. The summed E-state index contributed by atoms with van der Waals surface area (Å²) in [5.74, 6) is 0.576. The number of hydrogen-bond donors (Lipinski definition) is 0. The molecule has 76 valence electrons. The molecule has 1 aliphatic carbocycles. The number of benzene rings is 1. The van der Waals surface area contributed by atoms with Crippen molar-refractivity contribution >= 4 is 16.8 Å². The highest BCUT2D eigenvalue weighted by molar-refractivity contribution is 6.05. The second-order valence-corrected chi connectivity index (χ2v) is 4.08. The lowest BCUT2D eigenvalue weighted by Gasteiger charge is -1.95. The van der Waals surface area contributed by atoms with Crippen LogP contribution in [0.1, 0.15) is 41.7 Å². The molecular weight excluding hydrogens is 190 g/mol. The Morgan fingerprint density at radius 3 is 2.93 bits per heavy atom. The predicted molar refractivity (Wildman–Crippen MR) is 56.0 cm³/mol. The van der Waals surface area contributed by atoms with Crippen LogP contribution in [0.25, 0.3) is 11.0 Å². The molecule has 1 fully saturated rings. The van der Waals surface area contributed by atoms with Gasteiger partial charge in [0.25, 0.3) is 0 Å². The molecule has 1 heterocycles. The first-order chi connectivity index (χ1) is 7.27. The maximum atomic E-state index is 11.4. The van der Waals surface area contributed by atoms with Crippen molar-refractivity contribution in [1.29, 1.82) is 0 Å². The Labute approximate surface area is 87.1 Å². The number of para-hydroxylation sites is 1. The van der Waals surface area contributed by atoms with E-state index >= 15 is 0 Å². The highest BCUT2D eigenvalue weighted by atomic mass is 16.5. The first-order valence-electron chi connectivity index (χ1n) is 5.16. The zero-order chi connectivity index (χ0) is 10.4. The SMILES string of the molecule is CC(=O)c1cccc2c(C3CC3)noc12. The lowest BCUT2D eigenvalue weighted by Crippen LogP contribution is -1.91. The van der Waals surface area contributed by atoms with Gasteiger partial charge in [0.05, 0.1) is 11.3 Å². The molecule has 2 aromatic rings.